The number of carbonyl (C=O) groups is 2. The van der Waals surface area contributed by atoms with Crippen molar-refractivity contribution < 1.29 is 14.3 Å². The molecule has 33 heavy (non-hydrogen) atoms. The lowest BCUT2D eigenvalue weighted by molar-refractivity contribution is -0.119. The number of nitrogens with one attached hydrogen (secondary N) is 1. The highest BCUT2D eigenvalue weighted by molar-refractivity contribution is 14.1. The molecule has 1 aliphatic rings. The largest absolute Gasteiger partial charge is 0.452 e. The van der Waals surface area contributed by atoms with Crippen LogP contribution in [0.15, 0.2) is 48.5 Å². The number of esters is 1. The summed E-state index contributed by atoms with van der Waals surface area (Å²) in [7, 11) is 0. The van der Waals surface area contributed by atoms with Crippen LogP contribution < -0.4 is 5.32 Å². The molecule has 1 aliphatic carbocycles. The summed E-state index contributed by atoms with van der Waals surface area (Å²) < 4.78 is 6.47. The first-order chi connectivity index (χ1) is 15.8. The van der Waals surface area contributed by atoms with E-state index in [2.05, 4.69) is 48.7 Å². The fourth-order valence-electron chi connectivity index (χ4n) is 4.53. The number of halogens is 1. The third-order valence-corrected chi connectivity index (χ3v) is 7.90. The van der Waals surface area contributed by atoms with E-state index in [0.29, 0.717) is 17.2 Å². The zero-order valence-corrected chi connectivity index (χ0v) is 21.4. The molecule has 1 unspecified atom stereocenters. The lowest BCUT2D eigenvalue weighted by Gasteiger charge is -2.37. The first kappa shape index (κ1) is 23.7. The normalized spacial score (nSPS) is 15.7. The van der Waals surface area contributed by atoms with Gasteiger partial charge in [0.1, 0.15) is 0 Å². The van der Waals surface area contributed by atoms with Gasteiger partial charge in [-0.3, -0.25) is 9.78 Å². The van der Waals surface area contributed by atoms with E-state index in [0.717, 1.165) is 51.4 Å². The number of ether oxygens (including phenoxy) is 1. The van der Waals surface area contributed by atoms with Crippen LogP contribution in [-0.2, 0) is 22.4 Å². The van der Waals surface area contributed by atoms with Gasteiger partial charge in [0, 0.05) is 14.7 Å². The molecular formula is C27H29IN2O3. The highest BCUT2D eigenvalue weighted by atomic mass is 127. The van der Waals surface area contributed by atoms with Gasteiger partial charge < -0.3 is 10.1 Å². The number of hydrogen-bond acceptors (Lipinski definition) is 4. The van der Waals surface area contributed by atoms with Gasteiger partial charge in [0.25, 0.3) is 5.91 Å². The fourth-order valence-corrected chi connectivity index (χ4v) is 5.05. The third-order valence-electron chi connectivity index (χ3n) is 6.96. The van der Waals surface area contributed by atoms with Crippen molar-refractivity contribution in [2.45, 2.75) is 46.5 Å². The third kappa shape index (κ3) is 5.05. The molecular weight excluding hydrogens is 527 g/mol. The van der Waals surface area contributed by atoms with Gasteiger partial charge in [0.15, 0.2) is 6.61 Å². The van der Waals surface area contributed by atoms with E-state index in [1.807, 2.05) is 48.5 Å². The zero-order chi connectivity index (χ0) is 23.6. The van der Waals surface area contributed by atoms with E-state index >= 15 is 0 Å². The molecule has 172 valence electrons. The van der Waals surface area contributed by atoms with E-state index in [1.165, 1.54) is 0 Å². The Bertz CT molecular complexity index is 1210. The Morgan fingerprint density at radius 3 is 2.64 bits per heavy atom. The zero-order valence-electron chi connectivity index (χ0n) is 19.3. The summed E-state index contributed by atoms with van der Waals surface area (Å²) in [5, 5.41) is 3.60. The molecule has 3 aromatic rings. The van der Waals surface area contributed by atoms with Crippen LogP contribution in [0.25, 0.3) is 10.9 Å². The van der Waals surface area contributed by atoms with Gasteiger partial charge in [-0.25, -0.2) is 4.79 Å². The van der Waals surface area contributed by atoms with E-state index in [-0.39, 0.29) is 17.9 Å². The maximum absolute atomic E-state index is 13.3. The number of nitrogens with zero attached hydrogens (tertiary/aromatic N) is 1. The summed E-state index contributed by atoms with van der Waals surface area (Å²) in [6.07, 6.45) is 3.78. The number of benzene rings is 2. The van der Waals surface area contributed by atoms with Crippen LogP contribution in [0.1, 0.15) is 55.2 Å². The number of anilines is 1. The quantitative estimate of drug-likeness (QED) is 0.291. The Hall–Kier alpha value is -2.48. The fraction of sp³-hybridized carbons (Fsp3) is 0.370. The summed E-state index contributed by atoms with van der Waals surface area (Å²) in [5.41, 5.74) is 4.20. The number of hydrogen-bond donors (Lipinski definition) is 1. The van der Waals surface area contributed by atoms with E-state index in [9.17, 15) is 9.59 Å². The standard InChI is InChI=1S/C27H29IN2O3/c1-4-27(2,3)17-13-14-22-19(15-17)25(18-9-5-7-11-21(18)29-22)26(32)33-16-24(31)30-23-12-8-6-10-20(23)28/h5-12,17H,4,13-16H2,1-3H3,(H,30,31). The molecule has 0 aliphatic heterocycles. The Balaban J connectivity index is 1.61. The Labute approximate surface area is 208 Å². The highest BCUT2D eigenvalue weighted by Gasteiger charge is 2.34. The van der Waals surface area contributed by atoms with E-state index in [4.69, 9.17) is 9.72 Å². The molecule has 0 saturated carbocycles. The molecule has 1 heterocycles. The van der Waals surface area contributed by atoms with Gasteiger partial charge in [-0.05, 0) is 76.9 Å². The summed E-state index contributed by atoms with van der Waals surface area (Å²) >= 11 is 2.16. The molecule has 2 aromatic carbocycles. The van der Waals surface area contributed by atoms with Gasteiger partial charge in [0.2, 0.25) is 0 Å². The number of pyridine rings is 1. The molecule has 0 radical (unpaired) electrons. The molecule has 0 fully saturated rings. The maximum atomic E-state index is 13.3. The van der Waals surface area contributed by atoms with E-state index in [1.54, 1.807) is 0 Å². The number of para-hydroxylation sites is 2. The van der Waals surface area contributed by atoms with Gasteiger partial charge in [-0.1, -0.05) is 57.5 Å². The van der Waals surface area contributed by atoms with Crippen LogP contribution >= 0.6 is 22.6 Å². The number of amides is 1. The molecule has 4 rings (SSSR count). The van der Waals surface area contributed by atoms with Gasteiger partial charge in [-0.15, -0.1) is 0 Å². The molecule has 1 atom stereocenters. The smallest absolute Gasteiger partial charge is 0.339 e. The van der Waals surface area contributed by atoms with Crippen molar-refractivity contribution in [1.82, 2.24) is 4.98 Å². The first-order valence-electron chi connectivity index (χ1n) is 11.4. The molecule has 0 saturated heterocycles. The van der Waals surface area contributed by atoms with Crippen LogP contribution in [0, 0.1) is 14.9 Å². The van der Waals surface area contributed by atoms with Gasteiger partial charge in [-0.2, -0.15) is 0 Å². The summed E-state index contributed by atoms with van der Waals surface area (Å²) in [6, 6.07) is 15.2. The summed E-state index contributed by atoms with van der Waals surface area (Å²) in [5.74, 6) is -0.352. The molecule has 1 N–H and O–H groups in total. The van der Waals surface area contributed by atoms with Crippen molar-refractivity contribution in [2.75, 3.05) is 11.9 Å². The van der Waals surface area contributed by atoms with Gasteiger partial charge in [0.05, 0.1) is 16.8 Å². The minimum absolute atomic E-state index is 0.178. The number of aromatic nitrogens is 1. The van der Waals surface area contributed by atoms with Crippen LogP contribution in [0.2, 0.25) is 0 Å². The van der Waals surface area contributed by atoms with E-state index < -0.39 is 5.97 Å². The Morgan fingerprint density at radius 1 is 1.15 bits per heavy atom. The topological polar surface area (TPSA) is 68.3 Å². The first-order valence-corrected chi connectivity index (χ1v) is 12.5. The van der Waals surface area contributed by atoms with Crippen molar-refractivity contribution in [1.29, 1.82) is 0 Å². The minimum Gasteiger partial charge on any atom is -0.452 e. The predicted molar refractivity (Wildman–Crippen MR) is 139 cm³/mol. The highest BCUT2D eigenvalue weighted by Crippen LogP contribution is 2.41. The molecule has 1 amide bonds. The van der Waals surface area contributed by atoms with Crippen LogP contribution in [0.4, 0.5) is 5.69 Å². The number of rotatable bonds is 6. The molecule has 6 heteroatoms. The maximum Gasteiger partial charge on any atom is 0.339 e. The second-order valence-electron chi connectivity index (χ2n) is 9.32. The lowest BCUT2D eigenvalue weighted by Crippen LogP contribution is -2.31. The second-order valence-corrected chi connectivity index (χ2v) is 10.5. The van der Waals surface area contributed by atoms with Crippen LogP contribution in [0.5, 0.6) is 0 Å². The molecule has 0 spiro atoms. The summed E-state index contributed by atoms with van der Waals surface area (Å²) in [6.45, 7) is 6.48. The predicted octanol–water partition coefficient (Wildman–Crippen LogP) is 6.18. The number of fused-ring (bicyclic) bond motifs is 2. The monoisotopic (exact) mass is 556 g/mol. The minimum atomic E-state index is -0.460. The molecule has 0 bridgehead atoms. The van der Waals surface area contributed by atoms with Gasteiger partial charge >= 0.3 is 5.97 Å². The lowest BCUT2D eigenvalue weighted by atomic mass is 9.68. The molecule has 1 aromatic heterocycles. The number of aryl methyl sites for hydroxylation is 1. The van der Waals surface area contributed by atoms with Crippen molar-refractivity contribution >= 4 is 51.1 Å². The Morgan fingerprint density at radius 2 is 1.88 bits per heavy atom. The van der Waals surface area contributed by atoms with Crippen LogP contribution in [0.3, 0.4) is 0 Å². The average molecular weight is 556 g/mol. The SMILES string of the molecule is CCC(C)(C)C1CCc2nc3ccccc3c(C(=O)OCC(=O)Nc3ccccc3I)c2C1. The number of carbonyl (C=O) groups excluding carboxylic acids is 2. The van der Waals surface area contributed by atoms with Crippen molar-refractivity contribution in [3.63, 3.8) is 0 Å². The summed E-state index contributed by atoms with van der Waals surface area (Å²) in [4.78, 5) is 30.7. The molecule has 5 nitrogen and oxygen atoms in total. The van der Waals surface area contributed by atoms with Crippen LogP contribution in [-0.4, -0.2) is 23.5 Å². The Kier molecular flexibility index (Phi) is 7.02. The van der Waals surface area contributed by atoms with Crippen molar-refractivity contribution in [2.24, 2.45) is 11.3 Å². The van der Waals surface area contributed by atoms with Crippen molar-refractivity contribution in [3.8, 4) is 0 Å². The van der Waals surface area contributed by atoms with Crippen molar-refractivity contribution in [3.05, 3.63) is 68.9 Å². The second kappa shape index (κ2) is 9.79. The average Bonchev–Trinajstić information content (AvgIpc) is 2.82.